The number of amides is 1. The third kappa shape index (κ3) is 3.38. The van der Waals surface area contributed by atoms with E-state index in [1.165, 1.54) is 12.4 Å². The molecule has 2 N–H and O–H groups in total. The molecule has 0 saturated heterocycles. The summed E-state index contributed by atoms with van der Waals surface area (Å²) in [7, 11) is 0. The summed E-state index contributed by atoms with van der Waals surface area (Å²) < 4.78 is 70.1. The first kappa shape index (κ1) is 18.2. The maximum absolute atomic E-state index is 14.4. The van der Waals surface area contributed by atoms with E-state index in [9.17, 15) is 26.7 Å². The molecule has 0 aliphatic carbocycles. The number of anilines is 1. The number of aromatic nitrogens is 2. The van der Waals surface area contributed by atoms with Crippen LogP contribution in [-0.4, -0.2) is 54.1 Å². The summed E-state index contributed by atoms with van der Waals surface area (Å²) >= 11 is 1.03. The maximum atomic E-state index is 14.4. The Bertz CT molecular complexity index is 864. The minimum absolute atomic E-state index is 0.200. The van der Waals surface area contributed by atoms with E-state index in [-0.39, 0.29) is 22.7 Å². The van der Waals surface area contributed by atoms with Crippen LogP contribution in [0.5, 0.6) is 0 Å². The summed E-state index contributed by atoms with van der Waals surface area (Å²) in [5.41, 5.74) is 1.03. The van der Waals surface area contributed by atoms with Crippen LogP contribution in [0.3, 0.4) is 0 Å². The summed E-state index contributed by atoms with van der Waals surface area (Å²) in [6.45, 7) is -1.88. The summed E-state index contributed by atoms with van der Waals surface area (Å²) in [6, 6.07) is -1.08. The monoisotopic (exact) mass is 408 g/mol. The predicted octanol–water partition coefficient (Wildman–Crippen LogP) is 2.78. The van der Waals surface area contributed by atoms with Gasteiger partial charge in [-0.3, -0.25) is 14.6 Å². The number of aromatic amines is 1. The molecule has 146 valence electrons. The molecule has 2 aromatic rings. The zero-order valence-corrected chi connectivity index (χ0v) is 14.4. The summed E-state index contributed by atoms with van der Waals surface area (Å²) in [5, 5.41) is 8.89. The lowest BCUT2D eigenvalue weighted by Crippen LogP contribution is -2.52. The molecule has 27 heavy (non-hydrogen) atoms. The molecular formula is C15H13F5N4O2S. The van der Waals surface area contributed by atoms with Crippen LogP contribution in [0.4, 0.5) is 27.6 Å². The lowest BCUT2D eigenvalue weighted by atomic mass is 9.96. The van der Waals surface area contributed by atoms with Gasteiger partial charge in [-0.25, -0.2) is 8.78 Å². The molecule has 1 amide bonds. The second kappa shape index (κ2) is 6.16. The van der Waals surface area contributed by atoms with Crippen molar-refractivity contribution < 1.29 is 31.5 Å². The van der Waals surface area contributed by atoms with Gasteiger partial charge in [-0.2, -0.15) is 5.10 Å². The molecule has 0 spiro atoms. The molecule has 2 aliphatic rings. The van der Waals surface area contributed by atoms with E-state index >= 15 is 0 Å². The molecule has 4 heterocycles. The fourth-order valence-corrected chi connectivity index (χ4v) is 4.61. The topological polar surface area (TPSA) is 70.2 Å². The molecule has 4 rings (SSSR count). The number of alkyl halides is 5. The van der Waals surface area contributed by atoms with Crippen molar-refractivity contribution in [1.29, 1.82) is 0 Å². The van der Waals surface area contributed by atoms with Gasteiger partial charge in [0.05, 0.1) is 31.1 Å². The largest absolute Gasteiger partial charge is 0.522 e. The highest BCUT2D eigenvalue weighted by molar-refractivity contribution is 7.18. The molecule has 2 aliphatic heterocycles. The van der Waals surface area contributed by atoms with Crippen LogP contribution in [0.2, 0.25) is 0 Å². The van der Waals surface area contributed by atoms with E-state index in [4.69, 9.17) is 0 Å². The van der Waals surface area contributed by atoms with E-state index in [1.54, 1.807) is 0 Å². The Morgan fingerprint density at radius 1 is 1.37 bits per heavy atom. The SMILES string of the molecule is O=C1NC[C@@H](COC(F)(F)F)N2CC(F)(F)Cc3c(-c4cn[nH]c4)sc1c32. The fraction of sp³-hybridized carbons (Fsp3) is 0.467. The molecule has 0 radical (unpaired) electrons. The number of nitrogens with one attached hydrogen (secondary N) is 2. The Labute approximate surface area is 153 Å². The zero-order chi connectivity index (χ0) is 19.4. The Kier molecular flexibility index (Phi) is 4.14. The molecule has 12 heteroatoms. The van der Waals surface area contributed by atoms with Gasteiger partial charge in [0.2, 0.25) is 0 Å². The molecular weight excluding hydrogens is 395 g/mol. The minimum atomic E-state index is -4.89. The van der Waals surface area contributed by atoms with Gasteiger partial charge >= 0.3 is 6.36 Å². The highest BCUT2D eigenvalue weighted by Crippen LogP contribution is 2.49. The van der Waals surface area contributed by atoms with Crippen LogP contribution in [0.1, 0.15) is 15.2 Å². The molecule has 0 unspecified atom stereocenters. The average Bonchev–Trinajstić information content (AvgIpc) is 3.16. The van der Waals surface area contributed by atoms with E-state index in [0.717, 1.165) is 16.2 Å². The Morgan fingerprint density at radius 2 is 2.15 bits per heavy atom. The Morgan fingerprint density at radius 3 is 2.81 bits per heavy atom. The number of nitrogens with zero attached hydrogens (tertiary/aromatic N) is 2. The lowest BCUT2D eigenvalue weighted by molar-refractivity contribution is -0.325. The standard InChI is InChI=1S/C15H13F5N4O2S/c16-14(17)1-9-10-12(27-11(9)7-2-22-23-3-7)13(25)21-4-8(24(10)6-14)5-26-15(18,19)20/h2-3,8H,1,4-6H2,(H,21,25)(H,22,23)/t8-/m0/s1. The number of ether oxygens (including phenoxy) is 1. The van der Waals surface area contributed by atoms with Crippen LogP contribution in [0, 0.1) is 0 Å². The maximum Gasteiger partial charge on any atom is 0.522 e. The number of carbonyl (C=O) groups is 1. The number of carbonyl (C=O) groups excluding carboxylic acids is 1. The van der Waals surface area contributed by atoms with Gasteiger partial charge < -0.3 is 10.2 Å². The number of hydrogen-bond acceptors (Lipinski definition) is 5. The van der Waals surface area contributed by atoms with Gasteiger partial charge in [0, 0.05) is 35.2 Å². The van der Waals surface area contributed by atoms with E-state index in [1.807, 2.05) is 0 Å². The van der Waals surface area contributed by atoms with E-state index in [0.29, 0.717) is 10.4 Å². The third-order valence-electron chi connectivity index (χ3n) is 4.45. The highest BCUT2D eigenvalue weighted by atomic mass is 32.1. The van der Waals surface area contributed by atoms with Crippen molar-refractivity contribution in [2.24, 2.45) is 0 Å². The van der Waals surface area contributed by atoms with Gasteiger partial charge in [-0.1, -0.05) is 0 Å². The first-order valence-electron chi connectivity index (χ1n) is 7.93. The van der Waals surface area contributed by atoms with Crippen molar-refractivity contribution in [2.45, 2.75) is 24.7 Å². The molecule has 2 aromatic heterocycles. The number of halogens is 5. The Balaban J connectivity index is 1.81. The number of hydrogen-bond donors (Lipinski definition) is 2. The van der Waals surface area contributed by atoms with E-state index in [2.05, 4.69) is 20.3 Å². The molecule has 1 atom stereocenters. The highest BCUT2D eigenvalue weighted by Gasteiger charge is 2.47. The van der Waals surface area contributed by atoms with Gasteiger partial charge in [-0.05, 0) is 0 Å². The first-order chi connectivity index (χ1) is 12.6. The third-order valence-corrected chi connectivity index (χ3v) is 5.72. The predicted molar refractivity (Wildman–Crippen MR) is 86.0 cm³/mol. The van der Waals surface area contributed by atoms with Crippen molar-refractivity contribution in [3.63, 3.8) is 0 Å². The van der Waals surface area contributed by atoms with Gasteiger partial charge in [0.1, 0.15) is 4.88 Å². The summed E-state index contributed by atoms with van der Waals surface area (Å²) in [4.78, 5) is 14.2. The normalized spacial score (nSPS) is 21.6. The van der Waals surface area contributed by atoms with Crippen molar-refractivity contribution >= 4 is 22.9 Å². The van der Waals surface area contributed by atoms with Gasteiger partial charge in [-0.15, -0.1) is 24.5 Å². The molecule has 0 bridgehead atoms. The summed E-state index contributed by atoms with van der Waals surface area (Å²) in [5.74, 6) is -3.66. The van der Waals surface area contributed by atoms with Crippen molar-refractivity contribution in [1.82, 2.24) is 15.5 Å². The second-order valence-electron chi connectivity index (χ2n) is 6.36. The lowest BCUT2D eigenvalue weighted by Gasteiger charge is -2.39. The minimum Gasteiger partial charge on any atom is -0.357 e. The van der Waals surface area contributed by atoms with Gasteiger partial charge in [0.25, 0.3) is 11.8 Å². The van der Waals surface area contributed by atoms with E-state index < -0.39 is 43.8 Å². The molecule has 0 fully saturated rings. The molecule has 6 nitrogen and oxygen atoms in total. The van der Waals surface area contributed by atoms with Crippen LogP contribution >= 0.6 is 11.3 Å². The molecule has 0 saturated carbocycles. The fourth-order valence-electron chi connectivity index (χ4n) is 3.38. The summed E-state index contributed by atoms with van der Waals surface area (Å²) in [6.07, 6.45) is -2.53. The van der Waals surface area contributed by atoms with Crippen LogP contribution < -0.4 is 10.2 Å². The smallest absolute Gasteiger partial charge is 0.357 e. The van der Waals surface area contributed by atoms with Crippen molar-refractivity contribution in [3.8, 4) is 10.4 Å². The Hall–Kier alpha value is -2.21. The van der Waals surface area contributed by atoms with Crippen LogP contribution in [0.15, 0.2) is 12.4 Å². The van der Waals surface area contributed by atoms with Crippen LogP contribution in [0.25, 0.3) is 10.4 Å². The quantitative estimate of drug-likeness (QED) is 0.767. The average molecular weight is 408 g/mol. The van der Waals surface area contributed by atoms with Gasteiger partial charge in [0.15, 0.2) is 0 Å². The number of thiophene rings is 1. The number of H-pyrrole nitrogens is 1. The number of rotatable bonds is 3. The van der Waals surface area contributed by atoms with Crippen molar-refractivity contribution in [2.75, 3.05) is 24.6 Å². The molecule has 0 aromatic carbocycles. The first-order valence-corrected chi connectivity index (χ1v) is 8.74. The van der Waals surface area contributed by atoms with Crippen LogP contribution in [-0.2, 0) is 11.2 Å². The van der Waals surface area contributed by atoms with Crippen molar-refractivity contribution in [3.05, 3.63) is 22.8 Å². The second-order valence-corrected chi connectivity index (χ2v) is 7.38. The zero-order valence-electron chi connectivity index (χ0n) is 13.6.